The molecule has 0 bridgehead atoms. The average molecular weight is 310 g/mol. The summed E-state index contributed by atoms with van der Waals surface area (Å²) >= 11 is 4.21. The van der Waals surface area contributed by atoms with Gasteiger partial charge in [-0.2, -0.15) is 0 Å². The van der Waals surface area contributed by atoms with Crippen LogP contribution >= 0.6 is 12.6 Å². The Morgan fingerprint density at radius 3 is 2.77 bits per heavy atom. The van der Waals surface area contributed by atoms with Crippen molar-refractivity contribution in [3.05, 3.63) is 54.1 Å². The van der Waals surface area contributed by atoms with Crippen molar-refractivity contribution in [1.29, 1.82) is 0 Å². The number of aromatic nitrogens is 1. The van der Waals surface area contributed by atoms with Crippen LogP contribution in [0.25, 0.3) is 10.9 Å². The molecule has 3 aromatic rings. The molecule has 3 rings (SSSR count). The summed E-state index contributed by atoms with van der Waals surface area (Å²) in [5.74, 6) is -0.0263. The summed E-state index contributed by atoms with van der Waals surface area (Å²) < 4.78 is 0. The highest BCUT2D eigenvalue weighted by Crippen LogP contribution is 2.35. The molecule has 0 aliphatic carbocycles. The minimum atomic E-state index is -0.0263. The third-order valence-corrected chi connectivity index (χ3v) is 3.32. The molecule has 0 aliphatic heterocycles. The topological polar surface area (TPSA) is 73.1 Å². The number of nitrogens with zero attached hydrogens (tertiary/aromatic N) is 3. The Balaban J connectivity index is 1.91. The summed E-state index contributed by atoms with van der Waals surface area (Å²) in [6.07, 6.45) is 0. The molecule has 0 saturated carbocycles. The van der Waals surface area contributed by atoms with E-state index in [1.54, 1.807) is 0 Å². The van der Waals surface area contributed by atoms with Gasteiger partial charge >= 0.3 is 0 Å². The molecule has 0 radical (unpaired) electrons. The van der Waals surface area contributed by atoms with Gasteiger partial charge in [0.15, 0.2) is 5.69 Å². The summed E-state index contributed by atoms with van der Waals surface area (Å²) in [6, 6.07) is 15.2. The van der Waals surface area contributed by atoms with Crippen LogP contribution in [0.2, 0.25) is 0 Å². The molecule has 6 heteroatoms. The molecule has 110 valence electrons. The number of amidine groups is 1. The first-order chi connectivity index (χ1) is 10.6. The number of thiol groups is 1. The highest BCUT2D eigenvalue weighted by atomic mass is 32.1. The van der Waals surface area contributed by atoms with Crippen LogP contribution in [0.3, 0.4) is 0 Å². The van der Waals surface area contributed by atoms with E-state index in [-0.39, 0.29) is 11.0 Å². The number of hydrogen-bond acceptors (Lipinski definition) is 3. The number of rotatable bonds is 2. The van der Waals surface area contributed by atoms with E-state index in [9.17, 15) is 5.11 Å². The summed E-state index contributed by atoms with van der Waals surface area (Å²) in [7, 11) is 0. The van der Waals surface area contributed by atoms with Crippen LogP contribution in [0.1, 0.15) is 5.56 Å². The van der Waals surface area contributed by atoms with Gasteiger partial charge in [0.1, 0.15) is 0 Å². The Bertz CT molecular complexity index is 883. The third-order valence-electron chi connectivity index (χ3n) is 3.13. The van der Waals surface area contributed by atoms with Gasteiger partial charge < -0.3 is 10.1 Å². The van der Waals surface area contributed by atoms with Crippen molar-refractivity contribution in [2.75, 3.05) is 0 Å². The highest BCUT2D eigenvalue weighted by molar-refractivity contribution is 7.96. The monoisotopic (exact) mass is 310 g/mol. The smallest absolute Gasteiger partial charge is 0.218 e. The Hall–Kier alpha value is -2.60. The van der Waals surface area contributed by atoms with Crippen molar-refractivity contribution in [2.24, 2.45) is 15.2 Å². The zero-order valence-electron chi connectivity index (χ0n) is 11.9. The van der Waals surface area contributed by atoms with Gasteiger partial charge in [-0.05, 0) is 30.7 Å². The summed E-state index contributed by atoms with van der Waals surface area (Å²) in [6.45, 7) is 1.99. The molecule has 2 N–H and O–H groups in total. The molecule has 2 aromatic carbocycles. The predicted molar refractivity (Wildman–Crippen MR) is 91.7 cm³/mol. The molecule has 5 nitrogen and oxygen atoms in total. The summed E-state index contributed by atoms with van der Waals surface area (Å²) in [5, 5.41) is 18.9. The first-order valence-corrected chi connectivity index (χ1v) is 7.14. The Labute approximate surface area is 132 Å². The van der Waals surface area contributed by atoms with Crippen molar-refractivity contribution < 1.29 is 5.11 Å². The lowest BCUT2D eigenvalue weighted by molar-refractivity contribution is 0.459. The molecule has 0 amide bonds. The van der Waals surface area contributed by atoms with Crippen molar-refractivity contribution in [3.8, 4) is 5.88 Å². The van der Waals surface area contributed by atoms with E-state index >= 15 is 0 Å². The molecule has 0 spiro atoms. The molecule has 0 atom stereocenters. The fourth-order valence-corrected chi connectivity index (χ4v) is 2.30. The van der Waals surface area contributed by atoms with Gasteiger partial charge in [-0.15, -0.1) is 22.9 Å². The van der Waals surface area contributed by atoms with E-state index in [0.717, 1.165) is 22.2 Å². The van der Waals surface area contributed by atoms with Gasteiger partial charge in [0.25, 0.3) is 0 Å². The molecule has 0 unspecified atom stereocenters. The maximum absolute atomic E-state index is 9.90. The van der Waals surface area contributed by atoms with Gasteiger partial charge in [0.2, 0.25) is 11.0 Å². The van der Waals surface area contributed by atoms with Gasteiger partial charge in [0.05, 0.1) is 11.2 Å². The fourth-order valence-electron chi connectivity index (χ4n) is 2.14. The van der Waals surface area contributed by atoms with Gasteiger partial charge in [-0.1, -0.05) is 30.3 Å². The zero-order valence-corrected chi connectivity index (χ0v) is 12.7. The molecule has 0 aliphatic rings. The predicted octanol–water partition coefficient (Wildman–Crippen LogP) is 4.88. The lowest BCUT2D eigenvalue weighted by Crippen LogP contribution is -1.79. The van der Waals surface area contributed by atoms with Gasteiger partial charge in [-0.25, -0.2) is 4.99 Å². The summed E-state index contributed by atoms with van der Waals surface area (Å²) in [5.41, 5.74) is 3.03. The highest BCUT2D eigenvalue weighted by Gasteiger charge is 2.09. The number of hydrogen-bond donors (Lipinski definition) is 3. The Kier molecular flexibility index (Phi) is 3.93. The number of aryl methyl sites for hydroxylation is 1. The molecule has 0 fully saturated rings. The zero-order chi connectivity index (χ0) is 15.5. The number of H-pyrrole nitrogens is 1. The molecular formula is C16H14N4OS. The van der Waals surface area contributed by atoms with Crippen molar-refractivity contribution in [3.63, 3.8) is 0 Å². The fraction of sp³-hybridized carbons (Fsp3) is 0.0625. The first kappa shape index (κ1) is 14.3. The number of nitrogens with one attached hydrogen (secondary N) is 1. The number of fused-ring (bicyclic) bond motifs is 1. The second-order valence-electron chi connectivity index (χ2n) is 4.82. The van der Waals surface area contributed by atoms with Crippen LogP contribution < -0.4 is 0 Å². The van der Waals surface area contributed by atoms with Crippen LogP contribution in [0.4, 0.5) is 11.4 Å². The molecular weight excluding hydrogens is 296 g/mol. The van der Waals surface area contributed by atoms with Gasteiger partial charge in [0, 0.05) is 5.39 Å². The lowest BCUT2D eigenvalue weighted by Gasteiger charge is -1.96. The normalized spacial score (nSPS) is 12.4. The SMILES string of the molecule is Cc1cccc(/N=C(S)/N=N/c2c(O)[nH]c3ccccc23)c1. The van der Waals surface area contributed by atoms with E-state index < -0.39 is 0 Å². The van der Waals surface area contributed by atoms with E-state index in [2.05, 4.69) is 32.8 Å². The number of azo groups is 1. The van der Waals surface area contributed by atoms with Crippen LogP contribution in [0.5, 0.6) is 5.88 Å². The van der Waals surface area contributed by atoms with E-state index in [1.807, 2.05) is 55.5 Å². The van der Waals surface area contributed by atoms with Crippen molar-refractivity contribution >= 4 is 40.1 Å². The number of aromatic hydroxyl groups is 1. The van der Waals surface area contributed by atoms with Crippen LogP contribution in [-0.4, -0.2) is 15.3 Å². The van der Waals surface area contributed by atoms with Crippen LogP contribution in [0.15, 0.2) is 63.8 Å². The standard InChI is InChI=1S/C16H14N4OS/c1-10-5-4-6-11(9-10)17-16(22)20-19-14-12-7-2-3-8-13(12)18-15(14)21/h2-9,18,21H,1H3,(H,17,22)/b20-19+. The van der Waals surface area contributed by atoms with E-state index in [1.165, 1.54) is 0 Å². The maximum Gasteiger partial charge on any atom is 0.218 e. The molecule has 1 heterocycles. The van der Waals surface area contributed by atoms with E-state index in [0.29, 0.717) is 5.69 Å². The van der Waals surface area contributed by atoms with Crippen molar-refractivity contribution in [1.82, 2.24) is 4.98 Å². The molecule has 1 aromatic heterocycles. The lowest BCUT2D eigenvalue weighted by atomic mass is 10.2. The minimum absolute atomic E-state index is 0.0263. The number of aliphatic imine (C=N–C) groups is 1. The van der Waals surface area contributed by atoms with Crippen LogP contribution in [-0.2, 0) is 0 Å². The van der Waals surface area contributed by atoms with Crippen molar-refractivity contribution in [2.45, 2.75) is 6.92 Å². The maximum atomic E-state index is 9.90. The average Bonchev–Trinajstić information content (AvgIpc) is 2.80. The van der Waals surface area contributed by atoms with Gasteiger partial charge in [-0.3, -0.25) is 0 Å². The molecule has 0 saturated heterocycles. The second-order valence-corrected chi connectivity index (χ2v) is 5.22. The quantitative estimate of drug-likeness (QED) is 0.268. The second kappa shape index (κ2) is 6.03. The number of benzene rings is 2. The number of aromatic amines is 1. The third kappa shape index (κ3) is 3.01. The van der Waals surface area contributed by atoms with E-state index in [4.69, 9.17) is 0 Å². The Morgan fingerprint density at radius 2 is 1.95 bits per heavy atom. The molecule has 22 heavy (non-hydrogen) atoms. The van der Waals surface area contributed by atoms with Crippen LogP contribution in [0, 0.1) is 6.92 Å². The minimum Gasteiger partial charge on any atom is -0.493 e. The Morgan fingerprint density at radius 1 is 1.14 bits per heavy atom. The number of para-hydroxylation sites is 1. The largest absolute Gasteiger partial charge is 0.493 e. The summed E-state index contributed by atoms with van der Waals surface area (Å²) in [4.78, 5) is 7.10. The first-order valence-electron chi connectivity index (χ1n) is 6.69.